The lowest BCUT2D eigenvalue weighted by Crippen LogP contribution is -2.55. The van der Waals surface area contributed by atoms with Gasteiger partial charge in [-0.3, -0.25) is 0 Å². The van der Waals surface area contributed by atoms with Crippen LogP contribution >= 0.6 is 27.3 Å². The third kappa shape index (κ3) is 2.87. The summed E-state index contributed by atoms with van der Waals surface area (Å²) in [5, 5.41) is 8.97. The highest BCUT2D eigenvalue weighted by atomic mass is 79.9. The third-order valence-electron chi connectivity index (χ3n) is 3.13. The zero-order valence-corrected chi connectivity index (χ0v) is 14.4. The van der Waals surface area contributed by atoms with Crippen LogP contribution in [-0.2, 0) is 10.0 Å². The highest BCUT2D eigenvalue weighted by Crippen LogP contribution is 2.31. The minimum absolute atomic E-state index is 0.242. The predicted molar refractivity (Wildman–Crippen MR) is 84.1 cm³/mol. The Kier molecular flexibility index (Phi) is 4.18. The Hall–Kier alpha value is -1.47. The molecule has 3 heterocycles. The van der Waals surface area contributed by atoms with Gasteiger partial charge in [-0.05, 0) is 40.2 Å². The van der Waals surface area contributed by atoms with E-state index in [-0.39, 0.29) is 25.1 Å². The van der Waals surface area contributed by atoms with Gasteiger partial charge in [0.05, 0.1) is 16.9 Å². The van der Waals surface area contributed by atoms with Crippen molar-refractivity contribution in [3.63, 3.8) is 0 Å². The van der Waals surface area contributed by atoms with E-state index in [1.807, 2.05) is 6.07 Å². The van der Waals surface area contributed by atoms with Crippen molar-refractivity contribution < 1.29 is 13.2 Å². The van der Waals surface area contributed by atoms with Gasteiger partial charge >= 0.3 is 0 Å². The van der Waals surface area contributed by atoms with Crippen LogP contribution in [0.4, 0.5) is 0 Å². The molecule has 22 heavy (non-hydrogen) atoms. The van der Waals surface area contributed by atoms with Gasteiger partial charge < -0.3 is 4.74 Å². The lowest BCUT2D eigenvalue weighted by Gasteiger charge is -2.37. The highest BCUT2D eigenvalue weighted by molar-refractivity contribution is 9.11. The molecule has 0 radical (unpaired) electrons. The van der Waals surface area contributed by atoms with E-state index < -0.39 is 10.0 Å². The number of halogens is 1. The monoisotopic (exact) mass is 399 g/mol. The Morgan fingerprint density at radius 3 is 2.82 bits per heavy atom. The van der Waals surface area contributed by atoms with E-state index in [9.17, 15) is 8.42 Å². The first-order chi connectivity index (χ1) is 10.5. The fourth-order valence-electron chi connectivity index (χ4n) is 1.96. The van der Waals surface area contributed by atoms with E-state index in [0.717, 1.165) is 3.79 Å². The standard InChI is InChI=1S/C13H10BrN3O3S2/c14-11-3-4-12(21-11)22(18,19)17-7-10(8-17)20-13-9(6-15)2-1-5-16-13/h1-5,10H,7-8H2. The molecule has 0 N–H and O–H groups in total. The number of ether oxygens (including phenoxy) is 1. The number of thiophene rings is 1. The minimum Gasteiger partial charge on any atom is -0.471 e. The average molecular weight is 400 g/mol. The van der Waals surface area contributed by atoms with Gasteiger partial charge in [0.25, 0.3) is 10.0 Å². The summed E-state index contributed by atoms with van der Waals surface area (Å²) in [6.07, 6.45) is 1.24. The Bertz CT molecular complexity index is 838. The maximum atomic E-state index is 12.3. The summed E-state index contributed by atoms with van der Waals surface area (Å²) in [4.78, 5) is 4.00. The normalized spacial score (nSPS) is 16.0. The van der Waals surface area contributed by atoms with Crippen molar-refractivity contribution in [2.75, 3.05) is 13.1 Å². The zero-order chi connectivity index (χ0) is 15.7. The van der Waals surface area contributed by atoms with Crippen molar-refractivity contribution >= 4 is 37.3 Å². The minimum atomic E-state index is -3.47. The Balaban J connectivity index is 1.66. The summed E-state index contributed by atoms with van der Waals surface area (Å²) >= 11 is 4.43. The second kappa shape index (κ2) is 5.96. The van der Waals surface area contributed by atoms with Gasteiger partial charge in [-0.2, -0.15) is 9.57 Å². The summed E-state index contributed by atoms with van der Waals surface area (Å²) in [6, 6.07) is 8.54. The first kappa shape index (κ1) is 15.4. The van der Waals surface area contributed by atoms with Crippen LogP contribution in [0, 0.1) is 11.3 Å². The first-order valence-corrected chi connectivity index (χ1v) is 9.33. The van der Waals surface area contributed by atoms with Gasteiger partial charge in [0.1, 0.15) is 21.9 Å². The van der Waals surface area contributed by atoms with E-state index in [4.69, 9.17) is 10.00 Å². The SMILES string of the molecule is N#Cc1cccnc1OC1CN(S(=O)(=O)c2ccc(Br)s2)C1. The van der Waals surface area contributed by atoms with Gasteiger partial charge in [-0.15, -0.1) is 11.3 Å². The van der Waals surface area contributed by atoms with Gasteiger partial charge in [0, 0.05) is 6.20 Å². The van der Waals surface area contributed by atoms with E-state index >= 15 is 0 Å². The average Bonchev–Trinajstić information content (AvgIpc) is 2.90. The molecule has 1 saturated heterocycles. The van der Waals surface area contributed by atoms with Crippen molar-refractivity contribution in [2.45, 2.75) is 10.3 Å². The third-order valence-corrected chi connectivity index (χ3v) is 7.05. The topological polar surface area (TPSA) is 83.3 Å². The predicted octanol–water partition coefficient (Wildman–Crippen LogP) is 2.23. The van der Waals surface area contributed by atoms with Crippen molar-refractivity contribution in [3.8, 4) is 11.9 Å². The molecule has 3 rings (SSSR count). The second-order valence-corrected chi connectivity index (χ2v) is 9.22. The molecule has 1 aliphatic heterocycles. The molecule has 0 unspecified atom stereocenters. The summed E-state index contributed by atoms with van der Waals surface area (Å²) in [7, 11) is -3.47. The van der Waals surface area contributed by atoms with Crippen LogP contribution in [0.15, 0.2) is 38.5 Å². The molecule has 114 valence electrons. The molecular weight excluding hydrogens is 390 g/mol. The van der Waals surface area contributed by atoms with Crippen LogP contribution in [0.2, 0.25) is 0 Å². The molecule has 0 atom stereocenters. The summed E-state index contributed by atoms with van der Waals surface area (Å²) in [6.45, 7) is 0.499. The van der Waals surface area contributed by atoms with Crippen molar-refractivity contribution in [3.05, 3.63) is 39.8 Å². The fraction of sp³-hybridized carbons (Fsp3) is 0.231. The molecule has 0 spiro atoms. The van der Waals surface area contributed by atoms with Crippen LogP contribution in [0.1, 0.15) is 5.56 Å². The van der Waals surface area contributed by atoms with E-state index in [1.165, 1.54) is 21.8 Å². The maximum absolute atomic E-state index is 12.3. The molecule has 1 aliphatic rings. The van der Waals surface area contributed by atoms with Gasteiger partial charge in [-0.25, -0.2) is 13.4 Å². The number of rotatable bonds is 4. The van der Waals surface area contributed by atoms with Gasteiger partial charge in [0.2, 0.25) is 5.88 Å². The van der Waals surface area contributed by atoms with Crippen molar-refractivity contribution in [1.82, 2.24) is 9.29 Å². The zero-order valence-electron chi connectivity index (χ0n) is 11.1. The molecule has 0 amide bonds. The van der Waals surface area contributed by atoms with Crippen LogP contribution in [-0.4, -0.2) is 36.9 Å². The number of nitriles is 1. The van der Waals surface area contributed by atoms with Crippen LogP contribution < -0.4 is 4.74 Å². The Morgan fingerprint density at radius 1 is 1.41 bits per heavy atom. The number of aromatic nitrogens is 1. The van der Waals surface area contributed by atoms with Gasteiger partial charge in [0.15, 0.2) is 0 Å². The van der Waals surface area contributed by atoms with E-state index in [0.29, 0.717) is 9.77 Å². The number of nitrogens with zero attached hydrogens (tertiary/aromatic N) is 3. The van der Waals surface area contributed by atoms with E-state index in [1.54, 1.807) is 24.3 Å². The molecule has 2 aromatic heterocycles. The van der Waals surface area contributed by atoms with Crippen molar-refractivity contribution in [2.24, 2.45) is 0 Å². The summed E-state index contributed by atoms with van der Waals surface area (Å²) < 4.78 is 32.7. The largest absolute Gasteiger partial charge is 0.471 e. The number of sulfonamides is 1. The number of pyridine rings is 1. The van der Waals surface area contributed by atoms with Gasteiger partial charge in [-0.1, -0.05) is 0 Å². The molecule has 0 bridgehead atoms. The molecule has 0 aliphatic carbocycles. The molecular formula is C13H10BrN3O3S2. The van der Waals surface area contributed by atoms with E-state index in [2.05, 4.69) is 20.9 Å². The van der Waals surface area contributed by atoms with Crippen LogP contribution in [0.3, 0.4) is 0 Å². The number of hydrogen-bond donors (Lipinski definition) is 0. The van der Waals surface area contributed by atoms with Crippen LogP contribution in [0.25, 0.3) is 0 Å². The molecule has 9 heteroatoms. The lowest BCUT2D eigenvalue weighted by atomic mass is 10.2. The Labute approximate surface area is 140 Å². The highest BCUT2D eigenvalue weighted by Gasteiger charge is 2.39. The molecule has 6 nitrogen and oxygen atoms in total. The van der Waals surface area contributed by atoms with Crippen molar-refractivity contribution in [1.29, 1.82) is 5.26 Å². The fourth-order valence-corrected chi connectivity index (χ4v) is 5.63. The summed E-state index contributed by atoms with van der Waals surface area (Å²) in [5.74, 6) is 0.242. The smallest absolute Gasteiger partial charge is 0.252 e. The molecule has 0 aromatic carbocycles. The maximum Gasteiger partial charge on any atom is 0.252 e. The molecule has 2 aromatic rings. The Morgan fingerprint density at radius 2 is 2.18 bits per heavy atom. The number of hydrogen-bond acceptors (Lipinski definition) is 6. The quantitative estimate of drug-likeness (QED) is 0.786. The van der Waals surface area contributed by atoms with Crippen LogP contribution in [0.5, 0.6) is 5.88 Å². The molecule has 0 saturated carbocycles. The second-order valence-electron chi connectivity index (χ2n) is 4.59. The summed E-state index contributed by atoms with van der Waals surface area (Å²) in [5.41, 5.74) is 0.339. The lowest BCUT2D eigenvalue weighted by molar-refractivity contribution is 0.0719. The molecule has 1 fully saturated rings. The first-order valence-electron chi connectivity index (χ1n) is 6.28.